The molecule has 2 aromatic carbocycles. The van der Waals surface area contributed by atoms with Crippen molar-refractivity contribution < 1.29 is 9.18 Å². The zero-order valence-corrected chi connectivity index (χ0v) is 15.8. The van der Waals surface area contributed by atoms with Crippen molar-refractivity contribution in [3.8, 4) is 0 Å². The van der Waals surface area contributed by atoms with Gasteiger partial charge >= 0.3 is 0 Å². The second-order valence-electron chi connectivity index (χ2n) is 5.87. The van der Waals surface area contributed by atoms with Gasteiger partial charge in [-0.05, 0) is 42.8 Å². The van der Waals surface area contributed by atoms with Gasteiger partial charge in [0.05, 0.1) is 5.75 Å². The van der Waals surface area contributed by atoms with Crippen molar-refractivity contribution >= 4 is 40.8 Å². The van der Waals surface area contributed by atoms with Crippen LogP contribution in [0.3, 0.4) is 0 Å². The number of hydrogen-bond donors (Lipinski definition) is 1. The quantitative estimate of drug-likeness (QED) is 0.783. The lowest BCUT2D eigenvalue weighted by Gasteiger charge is -2.30. The maximum Gasteiger partial charge on any atom is 0.234 e. The highest BCUT2D eigenvalue weighted by atomic mass is 32.2. The molecule has 1 amide bonds. The fraction of sp³-hybridized carbons (Fsp3) is 0.316. The van der Waals surface area contributed by atoms with E-state index in [0.29, 0.717) is 4.90 Å². The van der Waals surface area contributed by atoms with E-state index in [0.717, 1.165) is 35.8 Å². The Morgan fingerprint density at radius 3 is 2.72 bits per heavy atom. The number of carbonyl (C=O) groups excluding carboxylic acids is 1. The minimum Gasteiger partial charge on any atom is -0.370 e. The van der Waals surface area contributed by atoms with Crippen LogP contribution in [0.4, 0.5) is 15.8 Å². The van der Waals surface area contributed by atoms with Crippen molar-refractivity contribution in [2.45, 2.75) is 11.8 Å². The van der Waals surface area contributed by atoms with Gasteiger partial charge in [-0.15, -0.1) is 11.8 Å². The lowest BCUT2D eigenvalue weighted by molar-refractivity contribution is -0.113. The first kappa shape index (κ1) is 18.1. The Hall–Kier alpha value is -1.66. The van der Waals surface area contributed by atoms with E-state index in [2.05, 4.69) is 23.2 Å². The fourth-order valence-electron chi connectivity index (χ4n) is 2.79. The molecule has 0 aromatic heterocycles. The summed E-state index contributed by atoms with van der Waals surface area (Å²) in [5, 5.41) is 2.90. The molecule has 2 aromatic rings. The summed E-state index contributed by atoms with van der Waals surface area (Å²) in [7, 11) is 0. The summed E-state index contributed by atoms with van der Waals surface area (Å²) in [5.74, 6) is 2.08. The number of benzene rings is 2. The predicted octanol–water partition coefficient (Wildman–Crippen LogP) is 4.42. The lowest BCUT2D eigenvalue weighted by atomic mass is 10.1. The van der Waals surface area contributed by atoms with Crippen LogP contribution in [0.25, 0.3) is 0 Å². The summed E-state index contributed by atoms with van der Waals surface area (Å²) >= 11 is 3.19. The maximum atomic E-state index is 13.6. The van der Waals surface area contributed by atoms with Crippen LogP contribution in [-0.2, 0) is 4.79 Å². The van der Waals surface area contributed by atoms with Crippen LogP contribution in [0, 0.1) is 12.7 Å². The van der Waals surface area contributed by atoms with Gasteiger partial charge in [-0.1, -0.05) is 12.1 Å². The molecule has 1 heterocycles. The molecule has 0 unspecified atom stereocenters. The third-order valence-corrected chi connectivity index (χ3v) is 6.02. The minimum atomic E-state index is -0.291. The normalized spacial score (nSPS) is 14.4. The summed E-state index contributed by atoms with van der Waals surface area (Å²) in [5.41, 5.74) is 3.18. The molecule has 0 radical (unpaired) electrons. The SMILES string of the molecule is Cc1cc(NC(=O)CSc2ccccc2F)ccc1N1CCSCC1. The van der Waals surface area contributed by atoms with Gasteiger partial charge < -0.3 is 10.2 Å². The van der Waals surface area contributed by atoms with Gasteiger partial charge in [-0.2, -0.15) is 11.8 Å². The van der Waals surface area contributed by atoms with Crippen molar-refractivity contribution in [2.24, 2.45) is 0 Å². The smallest absolute Gasteiger partial charge is 0.234 e. The molecule has 6 heteroatoms. The highest BCUT2D eigenvalue weighted by molar-refractivity contribution is 8.00. The molecule has 1 aliphatic rings. The molecule has 1 fully saturated rings. The standard InChI is InChI=1S/C19H21FN2OS2/c1-14-12-15(6-7-17(14)22-8-10-24-11-9-22)21-19(23)13-25-18-5-3-2-4-16(18)20/h2-7,12H,8-11,13H2,1H3,(H,21,23). The first-order valence-corrected chi connectivity index (χ1v) is 10.4. The molecule has 132 valence electrons. The number of thioether (sulfide) groups is 2. The number of nitrogens with one attached hydrogen (secondary N) is 1. The topological polar surface area (TPSA) is 32.3 Å². The van der Waals surface area contributed by atoms with Crippen LogP contribution in [0.1, 0.15) is 5.56 Å². The number of halogens is 1. The monoisotopic (exact) mass is 376 g/mol. The van der Waals surface area contributed by atoms with Crippen LogP contribution in [0.5, 0.6) is 0 Å². The lowest BCUT2D eigenvalue weighted by Crippen LogP contribution is -2.32. The Morgan fingerprint density at radius 2 is 2.00 bits per heavy atom. The van der Waals surface area contributed by atoms with Crippen molar-refractivity contribution in [3.05, 3.63) is 53.8 Å². The van der Waals surface area contributed by atoms with Crippen LogP contribution in [0.15, 0.2) is 47.4 Å². The van der Waals surface area contributed by atoms with E-state index >= 15 is 0 Å². The maximum absolute atomic E-state index is 13.6. The third-order valence-electron chi connectivity index (χ3n) is 4.03. The molecule has 1 N–H and O–H groups in total. The molecule has 0 aliphatic carbocycles. The average Bonchev–Trinajstić information content (AvgIpc) is 2.62. The van der Waals surface area contributed by atoms with Gasteiger partial charge in [0.2, 0.25) is 5.91 Å². The number of amides is 1. The Kier molecular flexibility index (Phi) is 6.26. The Bertz CT molecular complexity index is 748. The van der Waals surface area contributed by atoms with Gasteiger partial charge in [0.1, 0.15) is 5.82 Å². The molecule has 1 aliphatic heterocycles. The molecule has 0 spiro atoms. The largest absolute Gasteiger partial charge is 0.370 e. The van der Waals surface area contributed by atoms with E-state index in [4.69, 9.17) is 0 Å². The van der Waals surface area contributed by atoms with Crippen molar-refractivity contribution in [1.82, 2.24) is 0 Å². The van der Waals surface area contributed by atoms with Gasteiger partial charge in [0.25, 0.3) is 0 Å². The van der Waals surface area contributed by atoms with E-state index in [1.165, 1.54) is 23.5 Å². The molecule has 0 saturated carbocycles. The Balaban J connectivity index is 1.58. The first-order valence-electron chi connectivity index (χ1n) is 8.24. The second-order valence-corrected chi connectivity index (χ2v) is 8.11. The number of nitrogens with zero attached hydrogens (tertiary/aromatic N) is 1. The molecule has 0 bridgehead atoms. The van der Waals surface area contributed by atoms with Gasteiger partial charge in [0.15, 0.2) is 0 Å². The van der Waals surface area contributed by atoms with E-state index < -0.39 is 0 Å². The molecule has 1 saturated heterocycles. The van der Waals surface area contributed by atoms with E-state index in [9.17, 15) is 9.18 Å². The number of aryl methyl sites for hydroxylation is 1. The number of rotatable bonds is 5. The molecule has 0 atom stereocenters. The number of hydrogen-bond acceptors (Lipinski definition) is 4. The summed E-state index contributed by atoms with van der Waals surface area (Å²) < 4.78 is 13.6. The first-order chi connectivity index (χ1) is 12.1. The molecular weight excluding hydrogens is 355 g/mol. The minimum absolute atomic E-state index is 0.130. The van der Waals surface area contributed by atoms with Crippen molar-refractivity contribution in [3.63, 3.8) is 0 Å². The zero-order valence-electron chi connectivity index (χ0n) is 14.1. The average molecular weight is 377 g/mol. The Labute approximate surface area is 156 Å². The zero-order chi connectivity index (χ0) is 17.6. The molecule has 3 nitrogen and oxygen atoms in total. The van der Waals surface area contributed by atoms with Gasteiger partial charge in [0, 0.05) is 40.9 Å². The second kappa shape index (κ2) is 8.63. The molecular formula is C19H21FN2OS2. The van der Waals surface area contributed by atoms with Gasteiger partial charge in [-0.25, -0.2) is 4.39 Å². The van der Waals surface area contributed by atoms with Gasteiger partial charge in [-0.3, -0.25) is 4.79 Å². The highest BCUT2D eigenvalue weighted by Crippen LogP contribution is 2.26. The van der Waals surface area contributed by atoms with Crippen LogP contribution < -0.4 is 10.2 Å². The van der Waals surface area contributed by atoms with Crippen LogP contribution in [0.2, 0.25) is 0 Å². The Morgan fingerprint density at radius 1 is 1.24 bits per heavy atom. The summed E-state index contributed by atoms with van der Waals surface area (Å²) in [6.45, 7) is 4.20. The third kappa shape index (κ3) is 4.92. The van der Waals surface area contributed by atoms with Crippen molar-refractivity contribution in [2.75, 3.05) is 40.6 Å². The van der Waals surface area contributed by atoms with E-state index in [1.54, 1.807) is 18.2 Å². The number of anilines is 2. The fourth-order valence-corrected chi connectivity index (χ4v) is 4.44. The highest BCUT2D eigenvalue weighted by Gasteiger charge is 2.14. The number of carbonyl (C=O) groups is 1. The van der Waals surface area contributed by atoms with Crippen LogP contribution in [-0.4, -0.2) is 36.3 Å². The van der Waals surface area contributed by atoms with E-state index in [1.807, 2.05) is 23.9 Å². The van der Waals surface area contributed by atoms with E-state index in [-0.39, 0.29) is 17.5 Å². The summed E-state index contributed by atoms with van der Waals surface area (Å²) in [6.07, 6.45) is 0. The summed E-state index contributed by atoms with van der Waals surface area (Å²) in [6, 6.07) is 12.5. The van der Waals surface area contributed by atoms with Crippen LogP contribution >= 0.6 is 23.5 Å². The summed E-state index contributed by atoms with van der Waals surface area (Å²) in [4.78, 5) is 15.0. The predicted molar refractivity (Wildman–Crippen MR) is 106 cm³/mol. The molecule has 25 heavy (non-hydrogen) atoms. The molecule has 3 rings (SSSR count). The van der Waals surface area contributed by atoms with Crippen molar-refractivity contribution in [1.29, 1.82) is 0 Å².